The normalized spacial score (nSPS) is 46.4. The van der Waals surface area contributed by atoms with Crippen LogP contribution in [0.15, 0.2) is 0 Å². The van der Waals surface area contributed by atoms with Gasteiger partial charge in [0.1, 0.15) is 18.3 Å². The van der Waals surface area contributed by atoms with Gasteiger partial charge in [0, 0.05) is 14.2 Å². The van der Waals surface area contributed by atoms with Gasteiger partial charge in [-0.1, -0.05) is 0 Å². The summed E-state index contributed by atoms with van der Waals surface area (Å²) in [6, 6.07) is 0. The summed E-state index contributed by atoms with van der Waals surface area (Å²) >= 11 is 0. The molecule has 0 bridgehead atoms. The highest BCUT2D eigenvalue weighted by molar-refractivity contribution is 4.88. The van der Waals surface area contributed by atoms with Gasteiger partial charge < -0.3 is 24.4 Å². The Morgan fingerprint density at radius 2 is 1.62 bits per heavy atom. The summed E-state index contributed by atoms with van der Waals surface area (Å²) in [4.78, 5) is 0. The molecule has 1 fully saturated rings. The maximum atomic E-state index is 9.48. The lowest BCUT2D eigenvalue weighted by atomic mass is 10.00. The molecule has 0 aromatic rings. The van der Waals surface area contributed by atoms with E-state index in [1.807, 2.05) is 0 Å². The van der Waals surface area contributed by atoms with Gasteiger partial charge in [-0.15, -0.1) is 0 Å². The third kappa shape index (κ3) is 2.00. The third-order valence-electron chi connectivity index (χ3n) is 2.31. The summed E-state index contributed by atoms with van der Waals surface area (Å²) in [5.41, 5.74) is 0. The Hall–Kier alpha value is -0.200. The average Bonchev–Trinajstić information content (AvgIpc) is 2.10. The van der Waals surface area contributed by atoms with Crippen molar-refractivity contribution >= 4 is 0 Å². The predicted molar refractivity (Wildman–Crippen MR) is 44.2 cm³/mol. The molecule has 0 aromatic carbocycles. The van der Waals surface area contributed by atoms with E-state index in [4.69, 9.17) is 14.2 Å². The molecular formula is C8H16O5. The summed E-state index contributed by atoms with van der Waals surface area (Å²) in [6.45, 7) is 1.76. The number of hydrogen-bond acceptors (Lipinski definition) is 5. The number of aliphatic hydroxyl groups is 2. The van der Waals surface area contributed by atoms with E-state index in [-0.39, 0.29) is 12.2 Å². The van der Waals surface area contributed by atoms with Crippen LogP contribution in [0.3, 0.4) is 0 Å². The first-order valence-corrected chi connectivity index (χ1v) is 4.19. The van der Waals surface area contributed by atoms with Crippen molar-refractivity contribution in [2.24, 2.45) is 0 Å². The van der Waals surface area contributed by atoms with Crippen LogP contribution >= 0.6 is 0 Å². The zero-order valence-corrected chi connectivity index (χ0v) is 8.01. The van der Waals surface area contributed by atoms with Gasteiger partial charge in [-0.3, -0.25) is 0 Å². The van der Waals surface area contributed by atoms with Crippen molar-refractivity contribution in [1.29, 1.82) is 0 Å². The van der Waals surface area contributed by atoms with Gasteiger partial charge in [0.05, 0.1) is 6.10 Å². The first kappa shape index (κ1) is 10.9. The van der Waals surface area contributed by atoms with Crippen molar-refractivity contribution in [2.45, 2.75) is 37.6 Å². The van der Waals surface area contributed by atoms with Gasteiger partial charge in [-0.05, 0) is 6.92 Å². The minimum absolute atomic E-state index is 0.298. The lowest BCUT2D eigenvalue weighted by Crippen LogP contribution is -2.57. The maximum absolute atomic E-state index is 9.48. The van der Waals surface area contributed by atoms with E-state index < -0.39 is 18.5 Å². The predicted octanol–water partition coefficient (Wildman–Crippen LogP) is -0.886. The van der Waals surface area contributed by atoms with Gasteiger partial charge >= 0.3 is 0 Å². The van der Waals surface area contributed by atoms with Crippen molar-refractivity contribution in [1.82, 2.24) is 0 Å². The third-order valence-corrected chi connectivity index (χ3v) is 2.31. The fourth-order valence-corrected chi connectivity index (χ4v) is 1.60. The molecule has 1 aliphatic rings. The summed E-state index contributed by atoms with van der Waals surface area (Å²) in [5.74, 6) is 0. The second-order valence-electron chi connectivity index (χ2n) is 3.12. The van der Waals surface area contributed by atoms with Gasteiger partial charge in [-0.2, -0.15) is 0 Å². The van der Waals surface area contributed by atoms with Gasteiger partial charge in [0.15, 0.2) is 6.29 Å². The van der Waals surface area contributed by atoms with Crippen LogP contribution in [-0.4, -0.2) is 55.1 Å². The van der Waals surface area contributed by atoms with E-state index in [1.165, 1.54) is 14.2 Å². The van der Waals surface area contributed by atoms with Crippen LogP contribution < -0.4 is 0 Å². The van der Waals surface area contributed by atoms with Gasteiger partial charge in [0.25, 0.3) is 0 Å². The van der Waals surface area contributed by atoms with Gasteiger partial charge in [0.2, 0.25) is 0 Å². The van der Waals surface area contributed by atoms with E-state index in [9.17, 15) is 10.2 Å². The minimum Gasteiger partial charge on any atom is -0.385 e. The van der Waals surface area contributed by atoms with Crippen molar-refractivity contribution < 1.29 is 24.4 Å². The molecule has 0 spiro atoms. The molecule has 0 unspecified atom stereocenters. The smallest absolute Gasteiger partial charge is 0.183 e. The fourth-order valence-electron chi connectivity index (χ4n) is 1.60. The molecule has 0 aliphatic carbocycles. The Labute approximate surface area is 77.2 Å². The summed E-state index contributed by atoms with van der Waals surface area (Å²) < 4.78 is 15.2. The minimum atomic E-state index is -1.20. The molecule has 13 heavy (non-hydrogen) atoms. The topological polar surface area (TPSA) is 68.2 Å². The number of ether oxygens (including phenoxy) is 3. The monoisotopic (exact) mass is 192 g/mol. The molecule has 0 amide bonds. The average molecular weight is 192 g/mol. The van der Waals surface area contributed by atoms with Crippen LogP contribution in [0.4, 0.5) is 0 Å². The zero-order valence-electron chi connectivity index (χ0n) is 8.01. The van der Waals surface area contributed by atoms with Crippen molar-refractivity contribution in [3.63, 3.8) is 0 Å². The Balaban J connectivity index is 2.71. The fraction of sp³-hybridized carbons (Fsp3) is 1.00. The molecule has 0 saturated carbocycles. The molecule has 5 nitrogen and oxygen atoms in total. The molecule has 2 N–H and O–H groups in total. The highest BCUT2D eigenvalue weighted by Gasteiger charge is 2.43. The largest absolute Gasteiger partial charge is 0.385 e. The Morgan fingerprint density at radius 1 is 1.08 bits per heavy atom. The van der Waals surface area contributed by atoms with Crippen LogP contribution in [0.25, 0.3) is 0 Å². The van der Waals surface area contributed by atoms with Crippen LogP contribution in [0.5, 0.6) is 0 Å². The van der Waals surface area contributed by atoms with Crippen LogP contribution in [-0.2, 0) is 14.2 Å². The molecule has 1 rings (SSSR count). The Morgan fingerprint density at radius 3 is 2.08 bits per heavy atom. The highest BCUT2D eigenvalue weighted by Crippen LogP contribution is 2.23. The number of hydrogen-bond donors (Lipinski definition) is 2. The quantitative estimate of drug-likeness (QED) is 0.594. The molecule has 1 heterocycles. The number of aliphatic hydroxyl groups excluding tert-OH is 2. The summed E-state index contributed by atoms with van der Waals surface area (Å²) in [5, 5.41) is 18.7. The van der Waals surface area contributed by atoms with Crippen LogP contribution in [0.1, 0.15) is 6.92 Å². The second-order valence-corrected chi connectivity index (χ2v) is 3.12. The lowest BCUT2D eigenvalue weighted by molar-refractivity contribution is -0.286. The summed E-state index contributed by atoms with van der Waals surface area (Å²) in [7, 11) is 2.98. The standard InChI is InChI=1S/C8H16O5/c1-4-6(11-2)7(12-3)5(9)8(10)13-4/h4-10H,1-3H3/t4-,5-,6-,7-,8-/m1/s1. The SMILES string of the molecule is CO[C@@H]1[C@@H](O)[C@H](O)O[C@H](C)[C@H]1OC. The maximum Gasteiger partial charge on any atom is 0.183 e. The van der Waals surface area contributed by atoms with Crippen molar-refractivity contribution in [3.8, 4) is 0 Å². The number of methoxy groups -OCH3 is 2. The summed E-state index contributed by atoms with van der Waals surface area (Å²) in [6.07, 6.45) is -3.47. The lowest BCUT2D eigenvalue weighted by Gasteiger charge is -2.40. The molecular weight excluding hydrogens is 176 g/mol. The Kier molecular flexibility index (Phi) is 3.63. The molecule has 78 valence electrons. The van der Waals surface area contributed by atoms with Crippen molar-refractivity contribution in [3.05, 3.63) is 0 Å². The van der Waals surface area contributed by atoms with E-state index >= 15 is 0 Å². The first-order valence-electron chi connectivity index (χ1n) is 4.19. The van der Waals surface area contributed by atoms with Gasteiger partial charge in [-0.25, -0.2) is 0 Å². The second kappa shape index (κ2) is 4.34. The highest BCUT2D eigenvalue weighted by atomic mass is 16.7. The molecule has 1 aliphatic heterocycles. The molecule has 0 aromatic heterocycles. The molecule has 1 saturated heterocycles. The van der Waals surface area contributed by atoms with E-state index in [1.54, 1.807) is 6.92 Å². The van der Waals surface area contributed by atoms with E-state index in [0.29, 0.717) is 0 Å². The zero-order chi connectivity index (χ0) is 10.0. The Bertz CT molecular complexity index is 163. The first-order chi connectivity index (χ1) is 6.11. The van der Waals surface area contributed by atoms with Crippen LogP contribution in [0.2, 0.25) is 0 Å². The van der Waals surface area contributed by atoms with Crippen LogP contribution in [0, 0.1) is 0 Å². The molecule has 5 atom stereocenters. The number of rotatable bonds is 2. The van der Waals surface area contributed by atoms with E-state index in [0.717, 1.165) is 0 Å². The van der Waals surface area contributed by atoms with E-state index in [2.05, 4.69) is 0 Å². The van der Waals surface area contributed by atoms with Crippen molar-refractivity contribution in [2.75, 3.05) is 14.2 Å². The molecule has 0 radical (unpaired) electrons. The molecule has 5 heteroatoms.